The van der Waals surface area contributed by atoms with Crippen LogP contribution in [-0.4, -0.2) is 56.3 Å². The molecular formula is C31H29ClFN5O4. The minimum atomic E-state index is -0.977. The molecule has 2 saturated heterocycles. The van der Waals surface area contributed by atoms with E-state index in [0.29, 0.717) is 61.2 Å². The summed E-state index contributed by atoms with van der Waals surface area (Å²) in [6, 6.07) is 17.3. The number of carboxylic acid groups (broad SMARTS) is 1. The summed E-state index contributed by atoms with van der Waals surface area (Å²) >= 11 is 5.84. The number of rotatable bonds is 9. The van der Waals surface area contributed by atoms with Crippen LogP contribution in [0.5, 0.6) is 5.88 Å². The van der Waals surface area contributed by atoms with Crippen LogP contribution >= 0.6 is 11.6 Å². The second kappa shape index (κ2) is 11.7. The average molecular weight is 590 g/mol. The number of nitrogens with zero attached hydrogens (tertiary/aromatic N) is 5. The first-order chi connectivity index (χ1) is 20.3. The van der Waals surface area contributed by atoms with Crippen molar-refractivity contribution >= 4 is 28.6 Å². The normalized spacial score (nSPS) is 18.4. The van der Waals surface area contributed by atoms with Gasteiger partial charge in [0.15, 0.2) is 0 Å². The summed E-state index contributed by atoms with van der Waals surface area (Å²) in [5.74, 6) is -0.257. The van der Waals surface area contributed by atoms with Gasteiger partial charge in [-0.25, -0.2) is 19.2 Å². The number of benzene rings is 2. The molecule has 1 atom stereocenters. The molecule has 216 valence electrons. The van der Waals surface area contributed by atoms with Gasteiger partial charge in [-0.05, 0) is 55.7 Å². The molecule has 0 bridgehead atoms. The van der Waals surface area contributed by atoms with Gasteiger partial charge in [0.2, 0.25) is 5.88 Å². The van der Waals surface area contributed by atoms with Crippen LogP contribution in [0, 0.1) is 17.1 Å². The molecule has 0 unspecified atom stereocenters. The number of likely N-dealkylation sites (tertiary alicyclic amines) is 1. The number of imidazole rings is 1. The molecule has 2 fully saturated rings. The van der Waals surface area contributed by atoms with Gasteiger partial charge >= 0.3 is 5.97 Å². The molecule has 2 aromatic carbocycles. The van der Waals surface area contributed by atoms with E-state index in [1.165, 1.54) is 6.07 Å². The summed E-state index contributed by atoms with van der Waals surface area (Å²) in [6.07, 6.45) is 2.18. The molecule has 0 saturated carbocycles. The highest BCUT2D eigenvalue weighted by Gasteiger charge is 2.38. The maximum Gasteiger partial charge on any atom is 0.335 e. The number of pyridine rings is 1. The van der Waals surface area contributed by atoms with Gasteiger partial charge in [-0.3, -0.25) is 4.90 Å². The number of aromatic nitrogens is 3. The zero-order valence-electron chi connectivity index (χ0n) is 22.8. The molecule has 2 aliphatic rings. The van der Waals surface area contributed by atoms with Gasteiger partial charge in [0.25, 0.3) is 0 Å². The van der Waals surface area contributed by atoms with Crippen LogP contribution in [0.2, 0.25) is 5.02 Å². The highest BCUT2D eigenvalue weighted by Crippen LogP contribution is 2.35. The first kappa shape index (κ1) is 28.1. The summed E-state index contributed by atoms with van der Waals surface area (Å²) in [4.78, 5) is 23.3. The monoisotopic (exact) mass is 589 g/mol. The van der Waals surface area contributed by atoms with Gasteiger partial charge in [-0.1, -0.05) is 23.7 Å². The number of halogens is 2. The predicted molar refractivity (Wildman–Crippen MR) is 153 cm³/mol. The Morgan fingerprint density at radius 3 is 2.69 bits per heavy atom. The Kier molecular flexibility index (Phi) is 7.82. The molecule has 0 amide bonds. The van der Waals surface area contributed by atoms with E-state index < -0.39 is 17.2 Å². The van der Waals surface area contributed by atoms with E-state index in [-0.39, 0.29) is 18.3 Å². The van der Waals surface area contributed by atoms with Crippen molar-refractivity contribution in [3.05, 3.63) is 88.1 Å². The van der Waals surface area contributed by atoms with Crippen LogP contribution in [-0.2, 0) is 29.8 Å². The van der Waals surface area contributed by atoms with Gasteiger partial charge < -0.3 is 19.1 Å². The summed E-state index contributed by atoms with van der Waals surface area (Å²) in [7, 11) is 0. The third-order valence-electron chi connectivity index (χ3n) is 8.15. The van der Waals surface area contributed by atoms with Crippen molar-refractivity contribution in [2.45, 2.75) is 50.5 Å². The van der Waals surface area contributed by atoms with Gasteiger partial charge in [-0.2, -0.15) is 5.26 Å². The summed E-state index contributed by atoms with van der Waals surface area (Å²) < 4.78 is 27.7. The Balaban J connectivity index is 1.16. The fourth-order valence-corrected chi connectivity index (χ4v) is 5.69. The maximum absolute atomic E-state index is 14.2. The summed E-state index contributed by atoms with van der Waals surface area (Å²) in [5.41, 5.74) is 1.97. The van der Waals surface area contributed by atoms with Crippen molar-refractivity contribution in [2.75, 3.05) is 19.7 Å². The predicted octanol–water partition coefficient (Wildman–Crippen LogP) is 5.35. The maximum atomic E-state index is 14.2. The fraction of sp³-hybridized carbons (Fsp3) is 0.355. The standard InChI is InChI=1S/C31H29ClFN5O4/c32-22-6-4-21(24(33)15-22)18-42-29-3-1-2-27(36-29)31(19-34)9-11-37(12-10-31)17-28-35-25-7-5-20(30(39)40)14-26(25)38(28)16-23-8-13-41-23/h1-7,14-15,23H,8-13,16-18H2,(H,39,40)/t23-/m0/s1. The van der Waals surface area contributed by atoms with E-state index in [9.17, 15) is 19.6 Å². The van der Waals surface area contributed by atoms with Crippen molar-refractivity contribution in [3.63, 3.8) is 0 Å². The lowest BCUT2D eigenvalue weighted by atomic mass is 9.76. The molecule has 9 nitrogen and oxygen atoms in total. The topological polar surface area (TPSA) is 114 Å². The number of aromatic carboxylic acids is 1. The highest BCUT2D eigenvalue weighted by molar-refractivity contribution is 6.30. The Hall–Kier alpha value is -4.04. The van der Waals surface area contributed by atoms with Crippen molar-refractivity contribution in [1.29, 1.82) is 5.26 Å². The SMILES string of the molecule is N#CC1(c2cccc(OCc3ccc(Cl)cc3F)n2)CCN(Cc2nc3ccc(C(=O)O)cc3n2C[C@@H]2CCO2)CC1. The minimum Gasteiger partial charge on any atom is -0.478 e. The molecule has 1 N–H and O–H groups in total. The van der Waals surface area contributed by atoms with E-state index in [1.807, 2.05) is 6.07 Å². The van der Waals surface area contributed by atoms with Crippen LogP contribution in [0.4, 0.5) is 4.39 Å². The molecule has 2 aliphatic heterocycles. The first-order valence-electron chi connectivity index (χ1n) is 13.9. The van der Waals surface area contributed by atoms with E-state index >= 15 is 0 Å². The van der Waals surface area contributed by atoms with Crippen LogP contribution in [0.1, 0.15) is 46.7 Å². The number of fused-ring (bicyclic) bond motifs is 1. The Morgan fingerprint density at radius 2 is 2.00 bits per heavy atom. The number of carboxylic acids is 1. The second-order valence-corrected chi connectivity index (χ2v) is 11.2. The Bertz CT molecular complexity index is 1670. The van der Waals surface area contributed by atoms with E-state index in [4.69, 9.17) is 26.1 Å². The van der Waals surface area contributed by atoms with Crippen molar-refractivity contribution in [3.8, 4) is 11.9 Å². The minimum absolute atomic E-state index is 0.00631. The molecule has 42 heavy (non-hydrogen) atoms. The van der Waals surface area contributed by atoms with Crippen molar-refractivity contribution in [2.24, 2.45) is 0 Å². The van der Waals surface area contributed by atoms with E-state index in [0.717, 1.165) is 29.9 Å². The lowest BCUT2D eigenvalue weighted by Crippen LogP contribution is -2.42. The van der Waals surface area contributed by atoms with Crippen LogP contribution in [0.15, 0.2) is 54.6 Å². The Labute approximate surface area is 247 Å². The molecule has 0 radical (unpaired) electrons. The number of ether oxygens (including phenoxy) is 2. The highest BCUT2D eigenvalue weighted by atomic mass is 35.5. The number of carbonyl (C=O) groups is 1. The molecule has 2 aromatic heterocycles. The lowest BCUT2D eigenvalue weighted by molar-refractivity contribution is -0.0592. The molecule has 6 rings (SSSR count). The molecule has 4 heterocycles. The lowest BCUT2D eigenvalue weighted by Gasteiger charge is -2.37. The smallest absolute Gasteiger partial charge is 0.335 e. The second-order valence-electron chi connectivity index (χ2n) is 10.8. The average Bonchev–Trinajstić information content (AvgIpc) is 3.31. The van der Waals surface area contributed by atoms with Crippen LogP contribution in [0.3, 0.4) is 0 Å². The summed E-state index contributed by atoms with van der Waals surface area (Å²) in [6.45, 7) is 3.21. The van der Waals surface area contributed by atoms with E-state index in [1.54, 1.807) is 42.5 Å². The Morgan fingerprint density at radius 1 is 1.19 bits per heavy atom. The third kappa shape index (κ3) is 5.68. The number of piperidine rings is 1. The largest absolute Gasteiger partial charge is 0.478 e. The van der Waals surface area contributed by atoms with Gasteiger partial charge in [-0.15, -0.1) is 0 Å². The molecular weight excluding hydrogens is 561 g/mol. The van der Waals surface area contributed by atoms with Crippen molar-refractivity contribution < 1.29 is 23.8 Å². The van der Waals surface area contributed by atoms with Crippen LogP contribution < -0.4 is 4.74 Å². The zero-order chi connectivity index (χ0) is 29.3. The zero-order valence-corrected chi connectivity index (χ0v) is 23.6. The van der Waals surface area contributed by atoms with Crippen molar-refractivity contribution in [1.82, 2.24) is 19.4 Å². The molecule has 0 spiro atoms. The van der Waals surface area contributed by atoms with Gasteiger partial charge in [0.1, 0.15) is 23.7 Å². The molecule has 11 heteroatoms. The first-order valence-corrected chi connectivity index (χ1v) is 14.2. The van der Waals surface area contributed by atoms with E-state index in [2.05, 4.69) is 20.5 Å². The summed E-state index contributed by atoms with van der Waals surface area (Å²) in [5, 5.41) is 20.1. The molecule has 0 aliphatic carbocycles. The third-order valence-corrected chi connectivity index (χ3v) is 8.38. The van der Waals surface area contributed by atoms with Gasteiger partial charge in [0, 0.05) is 36.3 Å². The number of hydrogen-bond donors (Lipinski definition) is 1. The van der Waals surface area contributed by atoms with Gasteiger partial charge in [0.05, 0.1) is 47.6 Å². The number of hydrogen-bond acceptors (Lipinski definition) is 7. The quantitative estimate of drug-likeness (QED) is 0.278. The molecule has 4 aromatic rings. The number of nitriles is 1. The van der Waals surface area contributed by atoms with Crippen LogP contribution in [0.25, 0.3) is 11.0 Å². The fourth-order valence-electron chi connectivity index (χ4n) is 5.53.